The number of aliphatic hydroxyl groups is 1. The molecule has 1 heterocycles. The van der Waals surface area contributed by atoms with Crippen LogP contribution in [0.1, 0.15) is 32.5 Å². The Balaban J connectivity index is 2.09. The highest BCUT2D eigenvalue weighted by Crippen LogP contribution is 2.22. The lowest BCUT2D eigenvalue weighted by Gasteiger charge is -2.25. The van der Waals surface area contributed by atoms with Crippen LogP contribution < -0.4 is 10.6 Å². The summed E-state index contributed by atoms with van der Waals surface area (Å²) in [5.74, 6) is -0.402. The van der Waals surface area contributed by atoms with Crippen LogP contribution in [-0.4, -0.2) is 33.3 Å². The van der Waals surface area contributed by atoms with Crippen LogP contribution in [0.15, 0.2) is 18.2 Å². The number of amides is 2. The van der Waals surface area contributed by atoms with Gasteiger partial charge in [0.15, 0.2) is 5.82 Å². The van der Waals surface area contributed by atoms with Gasteiger partial charge < -0.3 is 20.7 Å². The van der Waals surface area contributed by atoms with E-state index in [4.69, 9.17) is 5.11 Å². The van der Waals surface area contributed by atoms with Crippen LogP contribution in [0.3, 0.4) is 0 Å². The summed E-state index contributed by atoms with van der Waals surface area (Å²) in [4.78, 5) is 18.2. The molecule has 6 nitrogen and oxygen atoms in total. The first-order valence-electron chi connectivity index (χ1n) is 6.78. The molecule has 120 valence electrons. The van der Waals surface area contributed by atoms with Crippen molar-refractivity contribution in [1.82, 2.24) is 15.3 Å². The Kier molecular flexibility index (Phi) is 4.60. The Morgan fingerprint density at radius 2 is 2.18 bits per heavy atom. The van der Waals surface area contributed by atoms with Gasteiger partial charge in [-0.2, -0.15) is 0 Å². The van der Waals surface area contributed by atoms with E-state index in [1.54, 1.807) is 26.0 Å². The van der Waals surface area contributed by atoms with E-state index in [2.05, 4.69) is 20.6 Å². The molecule has 2 amide bonds. The Morgan fingerprint density at radius 1 is 1.45 bits per heavy atom. The van der Waals surface area contributed by atoms with Gasteiger partial charge in [0.05, 0.1) is 11.0 Å². The van der Waals surface area contributed by atoms with Crippen molar-refractivity contribution >= 4 is 22.8 Å². The number of benzene rings is 1. The van der Waals surface area contributed by atoms with Gasteiger partial charge >= 0.3 is 6.03 Å². The molecule has 4 N–H and O–H groups in total. The van der Waals surface area contributed by atoms with Crippen molar-refractivity contribution in [1.29, 1.82) is 0 Å². The van der Waals surface area contributed by atoms with Crippen molar-refractivity contribution in [3.8, 4) is 0 Å². The Morgan fingerprint density at radius 3 is 2.82 bits per heavy atom. The summed E-state index contributed by atoms with van der Waals surface area (Å²) in [5.41, 5.74) is 0.721. The first kappa shape index (κ1) is 16.2. The van der Waals surface area contributed by atoms with Crippen LogP contribution in [0.5, 0.6) is 0 Å². The van der Waals surface area contributed by atoms with E-state index >= 15 is 0 Å². The van der Waals surface area contributed by atoms with Gasteiger partial charge in [-0.3, -0.25) is 0 Å². The van der Waals surface area contributed by atoms with Crippen LogP contribution in [0.2, 0.25) is 0 Å². The number of rotatable bonds is 5. The van der Waals surface area contributed by atoms with Gasteiger partial charge in [0.25, 0.3) is 6.43 Å². The number of fused-ring (bicyclic) bond motifs is 1. The van der Waals surface area contributed by atoms with Crippen molar-refractivity contribution in [2.75, 3.05) is 11.9 Å². The molecule has 2 rings (SSSR count). The molecule has 22 heavy (non-hydrogen) atoms. The summed E-state index contributed by atoms with van der Waals surface area (Å²) in [5, 5.41) is 14.3. The standard InChI is InChI=1S/C14H18F2N4O2/c1-14(2,5-6-21)20-13(22)17-8-3-4-9-10(7-8)19-12(18-9)11(15)16/h3-4,7,11,21H,5-6H2,1-2H3,(H,18,19)(H2,17,20,22). The molecule has 0 spiro atoms. The van der Waals surface area contributed by atoms with Gasteiger partial charge in [0, 0.05) is 17.8 Å². The zero-order chi connectivity index (χ0) is 16.3. The smallest absolute Gasteiger partial charge is 0.319 e. The maximum atomic E-state index is 12.6. The molecule has 1 aromatic heterocycles. The number of nitrogens with zero attached hydrogens (tertiary/aromatic N) is 1. The van der Waals surface area contributed by atoms with Gasteiger partial charge in [0.1, 0.15) is 0 Å². The molecule has 0 unspecified atom stereocenters. The van der Waals surface area contributed by atoms with Crippen LogP contribution in [0.4, 0.5) is 19.3 Å². The fraction of sp³-hybridized carbons (Fsp3) is 0.429. The highest BCUT2D eigenvalue weighted by atomic mass is 19.3. The van der Waals surface area contributed by atoms with Gasteiger partial charge in [-0.05, 0) is 38.5 Å². The number of alkyl halides is 2. The summed E-state index contributed by atoms with van der Waals surface area (Å²) in [6, 6.07) is 4.22. The minimum atomic E-state index is -2.67. The number of aromatic nitrogens is 2. The number of carbonyl (C=O) groups excluding carboxylic acids is 1. The van der Waals surface area contributed by atoms with Crippen LogP contribution in [0, 0.1) is 0 Å². The maximum Gasteiger partial charge on any atom is 0.319 e. The van der Waals surface area contributed by atoms with E-state index in [1.165, 1.54) is 6.07 Å². The summed E-state index contributed by atoms with van der Waals surface area (Å²) < 4.78 is 25.2. The summed E-state index contributed by atoms with van der Waals surface area (Å²) >= 11 is 0. The Labute approximate surface area is 125 Å². The molecule has 0 atom stereocenters. The lowest BCUT2D eigenvalue weighted by molar-refractivity contribution is 0.142. The van der Waals surface area contributed by atoms with Crippen molar-refractivity contribution < 1.29 is 18.7 Å². The Hall–Kier alpha value is -2.22. The highest BCUT2D eigenvalue weighted by molar-refractivity contribution is 5.92. The average Bonchev–Trinajstić information content (AvgIpc) is 2.80. The summed E-state index contributed by atoms with van der Waals surface area (Å²) in [6.07, 6.45) is -2.26. The van der Waals surface area contributed by atoms with E-state index in [-0.39, 0.29) is 6.61 Å². The molecule has 0 saturated carbocycles. The number of halogens is 2. The van der Waals surface area contributed by atoms with Crippen LogP contribution in [-0.2, 0) is 0 Å². The van der Waals surface area contributed by atoms with Crippen LogP contribution in [0.25, 0.3) is 11.0 Å². The Bertz CT molecular complexity index is 670. The van der Waals surface area contributed by atoms with Gasteiger partial charge in [-0.25, -0.2) is 18.6 Å². The third-order valence-electron chi connectivity index (χ3n) is 3.15. The minimum absolute atomic E-state index is 0.0379. The maximum absolute atomic E-state index is 12.6. The molecule has 0 radical (unpaired) electrons. The number of urea groups is 1. The molecule has 0 aliphatic heterocycles. The molecule has 0 saturated heterocycles. The molecule has 1 aromatic carbocycles. The van der Waals surface area contributed by atoms with Crippen molar-refractivity contribution in [3.05, 3.63) is 24.0 Å². The van der Waals surface area contributed by atoms with Crippen molar-refractivity contribution in [3.63, 3.8) is 0 Å². The number of hydrogen-bond donors (Lipinski definition) is 4. The topological polar surface area (TPSA) is 90.0 Å². The largest absolute Gasteiger partial charge is 0.396 e. The number of aliphatic hydroxyl groups excluding tert-OH is 1. The molecular formula is C14H18F2N4O2. The fourth-order valence-corrected chi connectivity index (χ4v) is 2.02. The number of anilines is 1. The number of carbonyl (C=O) groups is 1. The zero-order valence-corrected chi connectivity index (χ0v) is 12.3. The molecule has 8 heteroatoms. The third kappa shape index (κ3) is 3.91. The zero-order valence-electron chi connectivity index (χ0n) is 12.3. The van der Waals surface area contributed by atoms with Crippen LogP contribution >= 0.6 is 0 Å². The van der Waals surface area contributed by atoms with E-state index in [0.29, 0.717) is 23.1 Å². The van der Waals surface area contributed by atoms with Gasteiger partial charge in [0.2, 0.25) is 0 Å². The van der Waals surface area contributed by atoms with E-state index in [1.807, 2.05) is 0 Å². The average molecular weight is 312 g/mol. The molecule has 2 aromatic rings. The second-order valence-corrected chi connectivity index (χ2v) is 5.59. The van der Waals surface area contributed by atoms with Gasteiger partial charge in [-0.1, -0.05) is 0 Å². The number of imidazole rings is 1. The SMILES string of the molecule is CC(C)(CCO)NC(=O)Nc1ccc2nc(C(F)F)[nH]c2c1. The second-order valence-electron chi connectivity index (χ2n) is 5.59. The summed E-state index contributed by atoms with van der Waals surface area (Å²) in [6.45, 7) is 3.54. The predicted molar refractivity (Wildman–Crippen MR) is 79.0 cm³/mol. The highest BCUT2D eigenvalue weighted by Gasteiger charge is 2.20. The van der Waals surface area contributed by atoms with Gasteiger partial charge in [-0.15, -0.1) is 0 Å². The van der Waals surface area contributed by atoms with E-state index in [9.17, 15) is 13.6 Å². The lowest BCUT2D eigenvalue weighted by Crippen LogP contribution is -2.46. The minimum Gasteiger partial charge on any atom is -0.396 e. The molecule has 0 aliphatic rings. The molecule has 0 fully saturated rings. The lowest BCUT2D eigenvalue weighted by atomic mass is 10.0. The second kappa shape index (κ2) is 6.27. The monoisotopic (exact) mass is 312 g/mol. The molecule has 0 bridgehead atoms. The van der Waals surface area contributed by atoms with E-state index < -0.39 is 23.8 Å². The van der Waals surface area contributed by atoms with Crippen molar-refractivity contribution in [2.45, 2.75) is 32.2 Å². The third-order valence-corrected chi connectivity index (χ3v) is 3.15. The van der Waals surface area contributed by atoms with Crippen molar-refractivity contribution in [2.24, 2.45) is 0 Å². The molecular weight excluding hydrogens is 294 g/mol. The quantitative estimate of drug-likeness (QED) is 0.684. The normalized spacial score (nSPS) is 11.9. The predicted octanol–water partition coefficient (Wildman–Crippen LogP) is 2.78. The molecule has 0 aliphatic carbocycles. The number of H-pyrrole nitrogens is 1. The fourth-order valence-electron chi connectivity index (χ4n) is 2.02. The first-order valence-corrected chi connectivity index (χ1v) is 6.78. The number of nitrogens with one attached hydrogen (secondary N) is 3. The summed E-state index contributed by atoms with van der Waals surface area (Å²) in [7, 11) is 0. The first-order chi connectivity index (χ1) is 10.3. The van der Waals surface area contributed by atoms with E-state index in [0.717, 1.165) is 0 Å². The number of hydrogen-bond acceptors (Lipinski definition) is 3. The number of aromatic amines is 1.